The first-order chi connectivity index (χ1) is 13.9. The number of phenolic OH excluding ortho intramolecular Hbond substituents is 2. The third-order valence-electron chi connectivity index (χ3n) is 4.19. The van der Waals surface area contributed by atoms with Crippen molar-refractivity contribution in [2.24, 2.45) is 0 Å². The maximum Gasteiger partial charge on any atom is 0.341 e. The van der Waals surface area contributed by atoms with Gasteiger partial charge in [-0.1, -0.05) is 0 Å². The van der Waals surface area contributed by atoms with Crippen molar-refractivity contribution in [3.05, 3.63) is 47.5 Å². The highest BCUT2D eigenvalue weighted by Crippen LogP contribution is 2.25. The number of hydrogen-bond donors (Lipinski definition) is 3. The van der Waals surface area contributed by atoms with Gasteiger partial charge in [0.05, 0.1) is 27.4 Å². The zero-order chi connectivity index (χ0) is 21.4. The summed E-state index contributed by atoms with van der Waals surface area (Å²) in [6.45, 7) is 2.94. The van der Waals surface area contributed by atoms with Crippen molar-refractivity contribution in [2.45, 2.75) is 0 Å². The zero-order valence-electron chi connectivity index (χ0n) is 16.3. The molecule has 4 N–H and O–H groups in total. The second-order valence-electron chi connectivity index (χ2n) is 6.06. The molecule has 9 nitrogen and oxygen atoms in total. The summed E-state index contributed by atoms with van der Waals surface area (Å²) < 4.78 is 14.2. The van der Waals surface area contributed by atoms with Crippen LogP contribution in [0.15, 0.2) is 36.4 Å². The van der Waals surface area contributed by atoms with Gasteiger partial charge >= 0.3 is 11.9 Å². The van der Waals surface area contributed by atoms with Gasteiger partial charge in [-0.25, -0.2) is 9.59 Å². The van der Waals surface area contributed by atoms with Crippen LogP contribution in [-0.4, -0.2) is 62.7 Å². The molecule has 0 unspecified atom stereocenters. The number of nitrogen functional groups attached to an aromatic ring is 1. The number of esters is 2. The molecule has 1 aliphatic heterocycles. The third-order valence-corrected chi connectivity index (χ3v) is 4.19. The third kappa shape index (κ3) is 5.76. The SMILES string of the molecule is COC(=O)c1ccc(N)cc1O.COC(=O)c1ccc(N2CCOCC2)cc1O. The van der Waals surface area contributed by atoms with Crippen molar-refractivity contribution in [1.82, 2.24) is 0 Å². The molecule has 0 amide bonds. The number of phenols is 2. The molecule has 1 heterocycles. The Bertz CT molecular complexity index is 864. The lowest BCUT2D eigenvalue weighted by Gasteiger charge is -2.29. The molecule has 2 aromatic rings. The number of methoxy groups -OCH3 is 2. The molecule has 1 saturated heterocycles. The summed E-state index contributed by atoms with van der Waals surface area (Å²) in [7, 11) is 2.54. The average molecular weight is 404 g/mol. The second-order valence-corrected chi connectivity index (χ2v) is 6.06. The lowest BCUT2D eigenvalue weighted by atomic mass is 10.1. The molecular weight excluding hydrogens is 380 g/mol. The smallest absolute Gasteiger partial charge is 0.341 e. The second kappa shape index (κ2) is 10.2. The van der Waals surface area contributed by atoms with Crippen LogP contribution in [0.1, 0.15) is 20.7 Å². The minimum Gasteiger partial charge on any atom is -0.507 e. The van der Waals surface area contributed by atoms with Crippen molar-refractivity contribution in [2.75, 3.05) is 51.2 Å². The van der Waals surface area contributed by atoms with E-state index in [1.165, 1.54) is 32.4 Å². The summed E-state index contributed by atoms with van der Waals surface area (Å²) in [5, 5.41) is 19.0. The first kappa shape index (κ1) is 21.8. The number of anilines is 2. The summed E-state index contributed by atoms with van der Waals surface area (Å²) in [5.41, 5.74) is 6.95. The highest BCUT2D eigenvalue weighted by atomic mass is 16.5. The number of aromatic hydroxyl groups is 2. The topological polar surface area (TPSA) is 132 Å². The average Bonchev–Trinajstić information content (AvgIpc) is 2.73. The van der Waals surface area contributed by atoms with Gasteiger partial charge in [-0.05, 0) is 24.3 Å². The van der Waals surface area contributed by atoms with E-state index in [0.29, 0.717) is 18.9 Å². The molecule has 0 spiro atoms. The predicted octanol–water partition coefficient (Wildman–Crippen LogP) is 1.78. The van der Waals surface area contributed by atoms with Crippen LogP contribution in [0.2, 0.25) is 0 Å². The molecule has 0 bridgehead atoms. The van der Waals surface area contributed by atoms with Gasteiger partial charge in [0.1, 0.15) is 22.6 Å². The summed E-state index contributed by atoms with van der Waals surface area (Å²) in [6, 6.07) is 9.19. The van der Waals surface area contributed by atoms with Crippen LogP contribution in [0.4, 0.5) is 11.4 Å². The van der Waals surface area contributed by atoms with Crippen LogP contribution in [0.5, 0.6) is 11.5 Å². The van der Waals surface area contributed by atoms with E-state index in [1.54, 1.807) is 18.2 Å². The molecule has 0 aliphatic carbocycles. The van der Waals surface area contributed by atoms with E-state index in [1.807, 2.05) is 0 Å². The normalized spacial score (nSPS) is 13.1. The first-order valence-corrected chi connectivity index (χ1v) is 8.78. The van der Waals surface area contributed by atoms with Crippen LogP contribution in [-0.2, 0) is 14.2 Å². The Kier molecular flexibility index (Phi) is 7.67. The molecule has 3 rings (SSSR count). The van der Waals surface area contributed by atoms with E-state index in [9.17, 15) is 19.8 Å². The molecule has 2 aromatic carbocycles. The molecule has 0 radical (unpaired) electrons. The number of carbonyl (C=O) groups excluding carboxylic acids is 2. The number of nitrogens with zero attached hydrogens (tertiary/aromatic N) is 1. The van der Waals surface area contributed by atoms with Crippen LogP contribution >= 0.6 is 0 Å². The largest absolute Gasteiger partial charge is 0.507 e. The fourth-order valence-electron chi connectivity index (χ4n) is 2.65. The number of nitrogens with two attached hydrogens (primary N) is 1. The quantitative estimate of drug-likeness (QED) is 0.517. The van der Waals surface area contributed by atoms with E-state index in [2.05, 4.69) is 14.4 Å². The minimum atomic E-state index is -0.576. The standard InChI is InChI=1S/C12H15NO4.C8H9NO3/c1-16-12(15)10-3-2-9(8-11(10)14)13-4-6-17-7-5-13;1-12-8(11)6-3-2-5(9)4-7(6)10/h2-3,8,14H,4-7H2,1H3;2-4,10H,9H2,1H3. The summed E-state index contributed by atoms with van der Waals surface area (Å²) >= 11 is 0. The molecule has 1 aliphatic rings. The van der Waals surface area contributed by atoms with E-state index >= 15 is 0 Å². The van der Waals surface area contributed by atoms with Crippen molar-refractivity contribution in [1.29, 1.82) is 0 Å². The van der Waals surface area contributed by atoms with Gasteiger partial charge in [0, 0.05) is 36.6 Å². The fourth-order valence-corrected chi connectivity index (χ4v) is 2.65. The number of benzene rings is 2. The van der Waals surface area contributed by atoms with Gasteiger partial charge in [-0.3, -0.25) is 0 Å². The molecule has 156 valence electrons. The Hall–Kier alpha value is -3.46. The van der Waals surface area contributed by atoms with E-state index < -0.39 is 11.9 Å². The molecule has 29 heavy (non-hydrogen) atoms. The van der Waals surface area contributed by atoms with Gasteiger partial charge < -0.3 is 35.1 Å². The van der Waals surface area contributed by atoms with E-state index in [-0.39, 0.29) is 22.6 Å². The molecule has 0 aromatic heterocycles. The molecule has 1 fully saturated rings. The summed E-state index contributed by atoms with van der Waals surface area (Å²) in [6.07, 6.45) is 0. The van der Waals surface area contributed by atoms with Crippen LogP contribution < -0.4 is 10.6 Å². The molecule has 9 heteroatoms. The van der Waals surface area contributed by atoms with Gasteiger partial charge in [-0.2, -0.15) is 0 Å². The first-order valence-electron chi connectivity index (χ1n) is 8.78. The number of morpholine rings is 1. The van der Waals surface area contributed by atoms with E-state index in [0.717, 1.165) is 18.8 Å². The maximum atomic E-state index is 11.3. The fraction of sp³-hybridized carbons (Fsp3) is 0.300. The molecule has 0 saturated carbocycles. The van der Waals surface area contributed by atoms with Gasteiger partial charge in [0.25, 0.3) is 0 Å². The minimum absolute atomic E-state index is 0.0548. The highest BCUT2D eigenvalue weighted by Gasteiger charge is 2.16. The number of ether oxygens (including phenoxy) is 3. The predicted molar refractivity (Wildman–Crippen MR) is 106 cm³/mol. The maximum absolute atomic E-state index is 11.3. The van der Waals surface area contributed by atoms with Crippen LogP contribution in [0, 0.1) is 0 Å². The van der Waals surface area contributed by atoms with Gasteiger partial charge in [0.15, 0.2) is 0 Å². The highest BCUT2D eigenvalue weighted by molar-refractivity contribution is 5.93. The molecular formula is C20H24N2O7. The molecule has 0 atom stereocenters. The Morgan fingerprint density at radius 3 is 1.93 bits per heavy atom. The summed E-state index contributed by atoms with van der Waals surface area (Å²) in [4.78, 5) is 24.3. The Labute approximate surface area is 168 Å². The summed E-state index contributed by atoms with van der Waals surface area (Å²) in [5.74, 6) is -1.33. The Balaban J connectivity index is 0.000000221. The Morgan fingerprint density at radius 1 is 0.931 bits per heavy atom. The van der Waals surface area contributed by atoms with Crippen molar-refractivity contribution in [3.63, 3.8) is 0 Å². The monoisotopic (exact) mass is 404 g/mol. The van der Waals surface area contributed by atoms with Crippen LogP contribution in [0.25, 0.3) is 0 Å². The van der Waals surface area contributed by atoms with Gasteiger partial charge in [-0.15, -0.1) is 0 Å². The number of rotatable bonds is 3. The van der Waals surface area contributed by atoms with E-state index in [4.69, 9.17) is 10.5 Å². The number of hydrogen-bond acceptors (Lipinski definition) is 9. The number of carbonyl (C=O) groups is 2. The van der Waals surface area contributed by atoms with Crippen LogP contribution in [0.3, 0.4) is 0 Å². The lowest BCUT2D eigenvalue weighted by molar-refractivity contribution is 0.0588. The van der Waals surface area contributed by atoms with Crippen molar-refractivity contribution in [3.8, 4) is 11.5 Å². The lowest BCUT2D eigenvalue weighted by Crippen LogP contribution is -2.36. The van der Waals surface area contributed by atoms with Crippen molar-refractivity contribution >= 4 is 23.3 Å². The zero-order valence-corrected chi connectivity index (χ0v) is 16.3. The van der Waals surface area contributed by atoms with Crippen molar-refractivity contribution < 1.29 is 34.0 Å². The Morgan fingerprint density at radius 2 is 1.45 bits per heavy atom. The van der Waals surface area contributed by atoms with Gasteiger partial charge in [0.2, 0.25) is 0 Å².